The van der Waals surface area contributed by atoms with Crippen LogP contribution in [0, 0.1) is 0 Å². The van der Waals surface area contributed by atoms with Crippen molar-refractivity contribution in [1.82, 2.24) is 4.98 Å². The zero-order valence-electron chi connectivity index (χ0n) is 15.3. The van der Waals surface area contributed by atoms with Gasteiger partial charge in [0, 0.05) is 6.92 Å². The van der Waals surface area contributed by atoms with Crippen LogP contribution in [0.25, 0.3) is 0 Å². The Labute approximate surface area is 159 Å². The van der Waals surface area contributed by atoms with E-state index in [-0.39, 0.29) is 28.8 Å². The number of azo groups is 1. The number of anilines is 2. The van der Waals surface area contributed by atoms with Crippen LogP contribution < -0.4 is 15.4 Å². The lowest BCUT2D eigenvalue weighted by Gasteiger charge is -2.08. The number of hydrogen-bond acceptors (Lipinski definition) is 9. The lowest BCUT2D eigenvalue weighted by molar-refractivity contribution is -0.114. The molecule has 2 aromatic rings. The third-order valence-corrected chi connectivity index (χ3v) is 3.07. The standard InChI is InChI=1S/C17H17N5O6/c1-10(23)18-15-12(8-9-14(19-15)20-16(24)26-2)22-21-11-6-4-5-7-13(11)28-17(25)27-3/h4-9H,1-3H3,(H2,18,19,20,23,24)/b22-21+. The molecule has 0 saturated heterocycles. The van der Waals surface area contributed by atoms with Crippen molar-refractivity contribution in [3.63, 3.8) is 0 Å². The van der Waals surface area contributed by atoms with Crippen LogP contribution in [0.3, 0.4) is 0 Å². The Morgan fingerprint density at radius 3 is 2.32 bits per heavy atom. The number of rotatable bonds is 5. The first-order valence-electron chi connectivity index (χ1n) is 7.83. The van der Waals surface area contributed by atoms with Crippen LogP contribution in [0.2, 0.25) is 0 Å². The number of nitrogens with one attached hydrogen (secondary N) is 2. The molecule has 1 aromatic carbocycles. The van der Waals surface area contributed by atoms with Crippen molar-refractivity contribution in [2.24, 2.45) is 10.2 Å². The minimum absolute atomic E-state index is 0.0662. The number of amides is 2. The first-order valence-corrected chi connectivity index (χ1v) is 7.83. The maximum atomic E-state index is 11.4. The first kappa shape index (κ1) is 20.3. The van der Waals surface area contributed by atoms with E-state index in [9.17, 15) is 14.4 Å². The fourth-order valence-corrected chi connectivity index (χ4v) is 1.88. The number of nitrogens with zero attached hydrogens (tertiary/aromatic N) is 3. The molecule has 0 bridgehead atoms. The normalized spacial score (nSPS) is 10.2. The Kier molecular flexibility index (Phi) is 6.97. The minimum Gasteiger partial charge on any atom is -0.453 e. The van der Waals surface area contributed by atoms with Crippen molar-refractivity contribution in [2.45, 2.75) is 6.92 Å². The number of carbonyl (C=O) groups is 3. The van der Waals surface area contributed by atoms with Gasteiger partial charge in [-0.3, -0.25) is 10.1 Å². The number of benzene rings is 1. The van der Waals surface area contributed by atoms with Crippen molar-refractivity contribution in [2.75, 3.05) is 24.9 Å². The number of pyridine rings is 1. The van der Waals surface area contributed by atoms with Crippen molar-refractivity contribution < 1.29 is 28.6 Å². The van der Waals surface area contributed by atoms with E-state index in [0.717, 1.165) is 0 Å². The van der Waals surface area contributed by atoms with E-state index in [1.807, 2.05) is 0 Å². The third kappa shape index (κ3) is 5.76. The molecule has 2 amide bonds. The van der Waals surface area contributed by atoms with Crippen molar-refractivity contribution in [3.8, 4) is 5.75 Å². The first-order chi connectivity index (χ1) is 13.4. The van der Waals surface area contributed by atoms with Crippen molar-refractivity contribution in [3.05, 3.63) is 36.4 Å². The largest absolute Gasteiger partial charge is 0.513 e. The molecule has 28 heavy (non-hydrogen) atoms. The van der Waals surface area contributed by atoms with Crippen LogP contribution in [-0.4, -0.2) is 37.4 Å². The van der Waals surface area contributed by atoms with Gasteiger partial charge in [-0.25, -0.2) is 14.6 Å². The van der Waals surface area contributed by atoms with Gasteiger partial charge >= 0.3 is 12.2 Å². The Hall–Kier alpha value is -4.02. The van der Waals surface area contributed by atoms with E-state index >= 15 is 0 Å². The van der Waals surface area contributed by atoms with Gasteiger partial charge in [-0.05, 0) is 24.3 Å². The van der Waals surface area contributed by atoms with Crippen molar-refractivity contribution in [1.29, 1.82) is 0 Å². The molecule has 11 nitrogen and oxygen atoms in total. The predicted molar refractivity (Wildman–Crippen MR) is 98.2 cm³/mol. The van der Waals surface area contributed by atoms with Gasteiger partial charge in [0.05, 0.1) is 14.2 Å². The molecule has 11 heteroatoms. The summed E-state index contributed by atoms with van der Waals surface area (Å²) in [5.74, 6) is -0.0507. The van der Waals surface area contributed by atoms with Gasteiger partial charge in [0.15, 0.2) is 11.6 Å². The lowest BCUT2D eigenvalue weighted by Crippen LogP contribution is -2.14. The van der Waals surface area contributed by atoms with Gasteiger partial charge < -0.3 is 19.5 Å². The monoisotopic (exact) mass is 387 g/mol. The molecule has 0 atom stereocenters. The number of aromatic nitrogens is 1. The molecule has 2 rings (SSSR count). The zero-order chi connectivity index (χ0) is 20.5. The number of carbonyl (C=O) groups excluding carboxylic acids is 3. The fraction of sp³-hybridized carbons (Fsp3) is 0.176. The Bertz CT molecular complexity index is 915. The summed E-state index contributed by atoms with van der Waals surface area (Å²) in [5.41, 5.74) is 0.455. The number of ether oxygens (including phenoxy) is 3. The van der Waals surface area contributed by atoms with Crippen LogP contribution in [0.5, 0.6) is 5.75 Å². The molecule has 0 saturated carbocycles. The second kappa shape index (κ2) is 9.62. The van der Waals surface area contributed by atoms with E-state index in [1.54, 1.807) is 18.2 Å². The maximum absolute atomic E-state index is 11.4. The Morgan fingerprint density at radius 2 is 1.64 bits per heavy atom. The van der Waals surface area contributed by atoms with Crippen molar-refractivity contribution >= 4 is 41.2 Å². The second-order valence-electron chi connectivity index (χ2n) is 5.09. The molecule has 0 fully saturated rings. The summed E-state index contributed by atoms with van der Waals surface area (Å²) in [6, 6.07) is 9.34. The van der Waals surface area contributed by atoms with Crippen LogP contribution in [-0.2, 0) is 14.3 Å². The van der Waals surface area contributed by atoms with E-state index in [1.165, 1.54) is 39.3 Å². The highest BCUT2D eigenvalue weighted by Crippen LogP contribution is 2.31. The molecule has 0 aliphatic heterocycles. The highest BCUT2D eigenvalue weighted by atomic mass is 16.7. The average molecular weight is 387 g/mol. The van der Waals surface area contributed by atoms with Crippen LogP contribution in [0.15, 0.2) is 46.6 Å². The summed E-state index contributed by atoms with van der Waals surface area (Å²) in [6.07, 6.45) is -1.62. The van der Waals surface area contributed by atoms with E-state index in [0.29, 0.717) is 0 Å². The van der Waals surface area contributed by atoms with E-state index in [2.05, 4.69) is 35.3 Å². The third-order valence-electron chi connectivity index (χ3n) is 3.07. The molecule has 2 N–H and O–H groups in total. The van der Waals surface area contributed by atoms with Gasteiger partial charge in [-0.1, -0.05) is 12.1 Å². The van der Waals surface area contributed by atoms with Gasteiger partial charge in [0.25, 0.3) is 0 Å². The molecule has 0 aliphatic rings. The predicted octanol–water partition coefficient (Wildman–Crippen LogP) is 3.78. The molecule has 1 heterocycles. The van der Waals surface area contributed by atoms with Gasteiger partial charge in [-0.15, -0.1) is 10.2 Å². The molecule has 0 spiro atoms. The summed E-state index contributed by atoms with van der Waals surface area (Å²) in [7, 11) is 2.39. The van der Waals surface area contributed by atoms with Gasteiger partial charge in [0.2, 0.25) is 5.91 Å². The second-order valence-corrected chi connectivity index (χ2v) is 5.09. The minimum atomic E-state index is -0.901. The van der Waals surface area contributed by atoms with Crippen LogP contribution >= 0.6 is 0 Å². The molecule has 1 aromatic heterocycles. The van der Waals surface area contributed by atoms with Crippen LogP contribution in [0.4, 0.5) is 32.6 Å². The van der Waals surface area contributed by atoms with E-state index in [4.69, 9.17) is 4.74 Å². The summed E-state index contributed by atoms with van der Waals surface area (Å²) in [6.45, 7) is 1.29. The summed E-state index contributed by atoms with van der Waals surface area (Å²) < 4.78 is 13.9. The number of para-hydroxylation sites is 1. The highest BCUT2D eigenvalue weighted by molar-refractivity contribution is 5.91. The smallest absolute Gasteiger partial charge is 0.453 e. The summed E-state index contributed by atoms with van der Waals surface area (Å²) >= 11 is 0. The SMILES string of the molecule is COC(=O)Nc1ccc(/N=N/c2ccccc2OC(=O)OC)c(NC(C)=O)n1. The molecule has 0 radical (unpaired) electrons. The molecule has 0 unspecified atom stereocenters. The summed E-state index contributed by atoms with van der Waals surface area (Å²) in [4.78, 5) is 38.1. The molecular formula is C17H17N5O6. The topological polar surface area (TPSA) is 141 Å². The van der Waals surface area contributed by atoms with Gasteiger partial charge in [0.1, 0.15) is 17.2 Å². The Morgan fingerprint density at radius 1 is 0.929 bits per heavy atom. The molecular weight excluding hydrogens is 370 g/mol. The van der Waals surface area contributed by atoms with Gasteiger partial charge in [-0.2, -0.15) is 0 Å². The summed E-state index contributed by atoms with van der Waals surface area (Å²) in [5, 5.41) is 12.9. The zero-order valence-corrected chi connectivity index (χ0v) is 15.3. The maximum Gasteiger partial charge on any atom is 0.513 e. The average Bonchev–Trinajstić information content (AvgIpc) is 2.67. The Balaban J connectivity index is 2.33. The highest BCUT2D eigenvalue weighted by Gasteiger charge is 2.11. The van der Waals surface area contributed by atoms with E-state index < -0.39 is 18.2 Å². The lowest BCUT2D eigenvalue weighted by atomic mass is 10.3. The van der Waals surface area contributed by atoms with Crippen LogP contribution in [0.1, 0.15) is 6.92 Å². The molecule has 0 aliphatic carbocycles. The molecule has 146 valence electrons. The number of methoxy groups -OCH3 is 2. The fourth-order valence-electron chi connectivity index (χ4n) is 1.88. The quantitative estimate of drug-likeness (QED) is 0.452. The number of hydrogen-bond donors (Lipinski definition) is 2.